The Balaban J connectivity index is 1.91. The topological polar surface area (TPSA) is 9.23 Å². The molecular weight excluding hydrogens is 300 g/mol. The molecule has 2 rings (SSSR count). The van der Waals surface area contributed by atoms with Crippen LogP contribution in [0.5, 0.6) is 11.5 Å². The molecule has 0 aliphatic carbocycles. The molecule has 0 atom stereocenters. The average molecular weight is 315 g/mol. The highest BCUT2D eigenvalue weighted by atomic mass is 79.9. The molecule has 18 heavy (non-hydrogen) atoms. The van der Waals surface area contributed by atoms with Crippen molar-refractivity contribution in [1.82, 2.24) is 0 Å². The third kappa shape index (κ3) is 4.63. The van der Waals surface area contributed by atoms with E-state index in [0.29, 0.717) is 0 Å². The summed E-state index contributed by atoms with van der Waals surface area (Å²) in [6.45, 7) is 0. The Morgan fingerprint density at radius 3 is 2.22 bits per heavy atom. The molecule has 0 aliphatic rings. The third-order valence-corrected chi connectivity index (χ3v) is 5.20. The molecule has 0 saturated carbocycles. The molecule has 1 nitrogen and oxygen atoms in total. The lowest BCUT2D eigenvalue weighted by molar-refractivity contribution is 0.482. The quantitative estimate of drug-likeness (QED) is 0.547. The number of aryl methyl sites for hydroxylation is 1. The summed E-state index contributed by atoms with van der Waals surface area (Å²) in [7, 11) is 0. The highest BCUT2D eigenvalue weighted by molar-refractivity contribution is 9.23. The van der Waals surface area contributed by atoms with Gasteiger partial charge in [-0.2, -0.15) is 0 Å². The third-order valence-electron chi connectivity index (χ3n) is 2.75. The summed E-state index contributed by atoms with van der Waals surface area (Å²) in [4.78, 5) is 0. The van der Waals surface area contributed by atoms with Gasteiger partial charge >= 0.3 is 18.2 Å². The summed E-state index contributed by atoms with van der Waals surface area (Å²) in [5.74, 6) is 1.79. The van der Waals surface area contributed by atoms with Crippen molar-refractivity contribution in [3.05, 3.63) is 60.2 Å². The highest BCUT2D eigenvalue weighted by Crippen LogP contribution is 2.21. The number of rotatable bonds is 6. The van der Waals surface area contributed by atoms with Gasteiger partial charge in [-0.1, -0.05) is 36.8 Å². The molecule has 2 aromatic carbocycles. The molecule has 0 aromatic heterocycles. The smallest absolute Gasteiger partial charge is 0.457 e. The first-order valence-corrected chi connectivity index (χ1v) is 11.2. The van der Waals surface area contributed by atoms with Crippen LogP contribution in [0.4, 0.5) is 0 Å². The highest BCUT2D eigenvalue weighted by Gasteiger charge is 1.98. The van der Waals surface area contributed by atoms with E-state index in [1.807, 2.05) is 42.5 Å². The maximum absolute atomic E-state index is 5.76. The summed E-state index contributed by atoms with van der Waals surface area (Å²) in [6, 6.07) is 18.3. The van der Waals surface area contributed by atoms with Gasteiger partial charge in [-0.25, -0.2) is 0 Å². The molecule has 0 amide bonds. The molecule has 0 unspecified atom stereocenters. The second-order valence-corrected chi connectivity index (χ2v) is 7.67. The fourth-order valence-electron chi connectivity index (χ4n) is 1.77. The van der Waals surface area contributed by atoms with Crippen LogP contribution < -0.4 is 4.74 Å². The zero-order valence-electron chi connectivity index (χ0n) is 10.3. The van der Waals surface area contributed by atoms with Crippen LogP contribution in [0.3, 0.4) is 0 Å². The van der Waals surface area contributed by atoms with E-state index >= 15 is 0 Å². The minimum Gasteiger partial charge on any atom is -0.457 e. The van der Waals surface area contributed by atoms with Crippen molar-refractivity contribution < 1.29 is 4.74 Å². The van der Waals surface area contributed by atoms with Gasteiger partial charge in [0, 0.05) is 0 Å². The van der Waals surface area contributed by atoms with Gasteiger partial charge in [0.1, 0.15) is 11.5 Å². The van der Waals surface area contributed by atoms with Gasteiger partial charge in [-0.05, 0) is 36.2 Å². The van der Waals surface area contributed by atoms with Gasteiger partial charge in [0.25, 0.3) is 0 Å². The minimum absolute atomic E-state index is 0.0387. The monoisotopic (exact) mass is 314 g/mol. The number of hydrogen-bond acceptors (Lipinski definition) is 1. The molecule has 3 heteroatoms. The summed E-state index contributed by atoms with van der Waals surface area (Å²) in [5.41, 5.74) is 1.39. The maximum atomic E-state index is 5.76. The van der Waals surface area contributed by atoms with Crippen molar-refractivity contribution in [2.45, 2.75) is 17.4 Å². The van der Waals surface area contributed by atoms with Crippen LogP contribution in [-0.2, 0) is 6.42 Å². The first kappa shape index (κ1) is 13.9. The summed E-state index contributed by atoms with van der Waals surface area (Å²) < 4.78 is 7.12. The molecule has 0 bridgehead atoms. The maximum Gasteiger partial charge on any atom is 0.468 e. The molecule has 0 saturated heterocycles. The van der Waals surface area contributed by atoms with Gasteiger partial charge < -0.3 is 17.6 Å². The van der Waals surface area contributed by atoms with Crippen LogP contribution in [0, 0.1) is 0 Å². The Morgan fingerprint density at radius 1 is 0.889 bits per heavy atom. The van der Waals surface area contributed by atoms with Crippen LogP contribution >= 0.6 is 12.9 Å². The number of halogens is 1. The van der Waals surface area contributed by atoms with Gasteiger partial charge in [0.2, 0.25) is 0 Å². The molecular formula is C15H15BrMgO. The number of para-hydroxylation sites is 1. The fourth-order valence-corrected chi connectivity index (χ4v) is 3.40. The standard InChI is InChI=1S/C15H15O.BrH.Mg/c1-2-6-13-9-11-15(12-10-13)16-14-7-4-3-5-8-14;;/h3-5,7-12H,1-2,6H2;1H;/q;;+1/p-1. The Bertz CT molecular complexity index is 456. The van der Waals surface area contributed by atoms with Gasteiger partial charge in [-0.3, -0.25) is 0 Å². The molecule has 0 fully saturated rings. The largest absolute Gasteiger partial charge is 0.468 e. The first-order valence-electron chi connectivity index (χ1n) is 6.26. The molecule has 90 valence electrons. The number of hydrogen-bond donors (Lipinski definition) is 0. The Kier molecular flexibility index (Phi) is 6.04. The van der Waals surface area contributed by atoms with Crippen molar-refractivity contribution in [2.75, 3.05) is 0 Å². The van der Waals surface area contributed by atoms with Gasteiger partial charge in [0.15, 0.2) is 0 Å². The molecule has 0 heterocycles. The van der Waals surface area contributed by atoms with E-state index in [4.69, 9.17) is 4.74 Å². The van der Waals surface area contributed by atoms with Crippen molar-refractivity contribution in [3.8, 4) is 11.5 Å². The molecule has 2 aromatic rings. The first-order chi connectivity index (χ1) is 8.88. The Morgan fingerprint density at radius 2 is 1.56 bits per heavy atom. The van der Waals surface area contributed by atoms with E-state index in [0.717, 1.165) is 11.5 Å². The molecule has 0 aliphatic heterocycles. The zero-order valence-corrected chi connectivity index (χ0v) is 13.3. The normalized spacial score (nSPS) is 9.83. The van der Waals surface area contributed by atoms with E-state index in [2.05, 4.69) is 25.0 Å². The number of benzene rings is 2. The number of ether oxygens (including phenoxy) is 1. The van der Waals surface area contributed by atoms with Gasteiger partial charge in [-0.15, -0.1) is 4.55 Å². The van der Waals surface area contributed by atoms with E-state index in [1.165, 1.54) is 23.0 Å². The van der Waals surface area contributed by atoms with E-state index in [1.54, 1.807) is 0 Å². The Labute approximate surface area is 124 Å². The predicted octanol–water partition coefficient (Wildman–Crippen LogP) is 4.84. The van der Waals surface area contributed by atoms with Crippen LogP contribution in [0.15, 0.2) is 54.6 Å². The van der Waals surface area contributed by atoms with Crippen LogP contribution in [0.25, 0.3) is 0 Å². The summed E-state index contributed by atoms with van der Waals surface area (Å²) >= 11 is 3.63. The van der Waals surface area contributed by atoms with Crippen molar-refractivity contribution in [3.63, 3.8) is 0 Å². The van der Waals surface area contributed by atoms with Crippen LogP contribution in [0.1, 0.15) is 12.0 Å². The lowest BCUT2D eigenvalue weighted by Crippen LogP contribution is -1.88. The van der Waals surface area contributed by atoms with E-state index in [9.17, 15) is 0 Å². The second kappa shape index (κ2) is 7.82. The van der Waals surface area contributed by atoms with Crippen molar-refractivity contribution in [1.29, 1.82) is 0 Å². The Hall–Kier alpha value is -0.514. The molecule has 0 spiro atoms. The van der Waals surface area contributed by atoms with Gasteiger partial charge in [0.05, 0.1) is 0 Å². The van der Waals surface area contributed by atoms with E-state index in [-0.39, 0.29) is 18.2 Å². The second-order valence-electron chi connectivity index (χ2n) is 4.21. The zero-order chi connectivity index (χ0) is 12.6. The van der Waals surface area contributed by atoms with Crippen LogP contribution in [0.2, 0.25) is 4.55 Å². The van der Waals surface area contributed by atoms with E-state index < -0.39 is 0 Å². The van der Waals surface area contributed by atoms with Crippen molar-refractivity contribution in [2.24, 2.45) is 0 Å². The average Bonchev–Trinajstić information content (AvgIpc) is 2.42. The lowest BCUT2D eigenvalue weighted by Gasteiger charge is -2.06. The predicted molar refractivity (Wildman–Crippen MR) is 80.8 cm³/mol. The minimum atomic E-state index is 0.0387. The summed E-state index contributed by atoms with van der Waals surface area (Å²) in [6.07, 6.45) is 2.46. The van der Waals surface area contributed by atoms with Crippen molar-refractivity contribution >= 4 is 31.1 Å². The SMILES string of the molecule is [Br][Mg][CH2]CCc1ccc(Oc2ccccc2)cc1. The molecule has 0 N–H and O–H groups in total. The fraction of sp³-hybridized carbons (Fsp3) is 0.200. The molecule has 0 radical (unpaired) electrons. The lowest BCUT2D eigenvalue weighted by atomic mass is 10.1. The summed E-state index contributed by atoms with van der Waals surface area (Å²) in [5, 5.41) is 0. The van der Waals surface area contributed by atoms with Crippen LogP contribution in [-0.4, -0.2) is 18.2 Å².